The first kappa shape index (κ1) is 9.47. The van der Waals surface area contributed by atoms with Crippen LogP contribution in [0.3, 0.4) is 0 Å². The zero-order chi connectivity index (χ0) is 11.9. The van der Waals surface area contributed by atoms with Crippen LogP contribution in [0.15, 0.2) is 47.1 Å². The van der Waals surface area contributed by atoms with Crippen molar-refractivity contribution in [3.63, 3.8) is 0 Å². The largest absolute Gasteiger partial charge is 0.483 e. The molecule has 0 saturated carbocycles. The van der Waals surface area contributed by atoms with E-state index in [0.717, 1.165) is 17.3 Å². The number of nitrogens with zero attached hydrogens (tertiary/aromatic N) is 3. The van der Waals surface area contributed by atoms with E-state index in [1.807, 2.05) is 41.0 Å². The van der Waals surface area contributed by atoms with Crippen LogP contribution >= 0.6 is 0 Å². The first-order valence-electron chi connectivity index (χ1n) is 5.64. The standard InChI is InChI=1S/C13H9N3O2/c1-2-5-10-9(4-1)16-12(8-18-10)14-15-13(16)11-6-3-7-17-11/h1-7H,8H2. The molecule has 0 fully saturated rings. The summed E-state index contributed by atoms with van der Waals surface area (Å²) in [4.78, 5) is 0. The number of ether oxygens (including phenoxy) is 1. The van der Waals surface area contributed by atoms with Gasteiger partial charge >= 0.3 is 0 Å². The fourth-order valence-corrected chi connectivity index (χ4v) is 2.13. The lowest BCUT2D eigenvalue weighted by Gasteiger charge is -2.19. The highest BCUT2D eigenvalue weighted by atomic mass is 16.5. The summed E-state index contributed by atoms with van der Waals surface area (Å²) in [5, 5.41) is 8.32. The predicted molar refractivity (Wildman–Crippen MR) is 63.4 cm³/mol. The molecule has 0 bridgehead atoms. The van der Waals surface area contributed by atoms with Crippen LogP contribution in [0.2, 0.25) is 0 Å². The molecule has 0 radical (unpaired) electrons. The normalized spacial score (nSPS) is 12.7. The van der Waals surface area contributed by atoms with Gasteiger partial charge in [0.15, 0.2) is 11.6 Å². The van der Waals surface area contributed by atoms with Crippen LogP contribution in [0.25, 0.3) is 17.3 Å². The summed E-state index contributed by atoms with van der Waals surface area (Å²) in [6.07, 6.45) is 1.63. The van der Waals surface area contributed by atoms with E-state index in [9.17, 15) is 0 Å². The van der Waals surface area contributed by atoms with E-state index < -0.39 is 0 Å². The molecule has 2 aromatic heterocycles. The number of furan rings is 1. The molecule has 1 aliphatic heterocycles. The molecule has 5 nitrogen and oxygen atoms in total. The molecule has 3 heterocycles. The summed E-state index contributed by atoms with van der Waals surface area (Å²) in [5.41, 5.74) is 0.940. The number of fused-ring (bicyclic) bond motifs is 3. The van der Waals surface area contributed by atoms with Gasteiger partial charge in [-0.3, -0.25) is 4.57 Å². The van der Waals surface area contributed by atoms with E-state index in [2.05, 4.69) is 10.2 Å². The van der Waals surface area contributed by atoms with Gasteiger partial charge in [0.2, 0.25) is 5.82 Å². The fourth-order valence-electron chi connectivity index (χ4n) is 2.13. The Kier molecular flexibility index (Phi) is 1.82. The summed E-state index contributed by atoms with van der Waals surface area (Å²) in [7, 11) is 0. The second-order valence-electron chi connectivity index (χ2n) is 4.01. The van der Waals surface area contributed by atoms with Crippen molar-refractivity contribution in [3.8, 4) is 23.0 Å². The van der Waals surface area contributed by atoms with Gasteiger partial charge in [-0.2, -0.15) is 0 Å². The van der Waals surface area contributed by atoms with Crippen molar-refractivity contribution in [2.75, 3.05) is 0 Å². The SMILES string of the molecule is c1coc(-c2nnc3n2-c2ccccc2OC3)c1. The van der Waals surface area contributed by atoms with Crippen LogP contribution in [0, 0.1) is 0 Å². The lowest BCUT2D eigenvalue weighted by atomic mass is 10.2. The maximum absolute atomic E-state index is 5.63. The summed E-state index contributed by atoms with van der Waals surface area (Å²) in [6.45, 7) is 0.421. The van der Waals surface area contributed by atoms with E-state index >= 15 is 0 Å². The van der Waals surface area contributed by atoms with Crippen molar-refractivity contribution in [3.05, 3.63) is 48.5 Å². The van der Waals surface area contributed by atoms with Crippen LogP contribution in [-0.2, 0) is 6.61 Å². The van der Waals surface area contributed by atoms with Gasteiger partial charge in [-0.25, -0.2) is 0 Å². The molecule has 88 valence electrons. The van der Waals surface area contributed by atoms with Crippen LogP contribution in [0.4, 0.5) is 0 Å². The second kappa shape index (κ2) is 3.46. The van der Waals surface area contributed by atoms with Crippen LogP contribution in [0.1, 0.15) is 5.82 Å². The Bertz CT molecular complexity index is 701. The Labute approximate surface area is 103 Å². The van der Waals surface area contributed by atoms with Crippen LogP contribution in [-0.4, -0.2) is 14.8 Å². The zero-order valence-electron chi connectivity index (χ0n) is 9.41. The quantitative estimate of drug-likeness (QED) is 0.654. The fraction of sp³-hybridized carbons (Fsp3) is 0.0769. The number of para-hydroxylation sites is 2. The van der Waals surface area contributed by atoms with E-state index in [1.165, 1.54) is 0 Å². The molecule has 0 spiro atoms. The first-order valence-corrected chi connectivity index (χ1v) is 5.64. The van der Waals surface area contributed by atoms with Gasteiger partial charge in [-0.15, -0.1) is 10.2 Å². The van der Waals surface area contributed by atoms with Gasteiger partial charge < -0.3 is 9.15 Å². The average Bonchev–Trinajstić information content (AvgIpc) is 3.07. The molecule has 5 heteroatoms. The Hall–Kier alpha value is -2.56. The maximum Gasteiger partial charge on any atom is 0.204 e. The number of benzene rings is 1. The van der Waals surface area contributed by atoms with Crippen molar-refractivity contribution in [2.24, 2.45) is 0 Å². The van der Waals surface area contributed by atoms with Gasteiger partial charge in [0, 0.05) is 0 Å². The minimum Gasteiger partial charge on any atom is -0.483 e. The number of aromatic nitrogens is 3. The molecule has 0 unspecified atom stereocenters. The Morgan fingerprint density at radius 3 is 2.89 bits per heavy atom. The lowest BCUT2D eigenvalue weighted by molar-refractivity contribution is 0.279. The van der Waals surface area contributed by atoms with Gasteiger partial charge in [0.05, 0.1) is 12.0 Å². The number of rotatable bonds is 1. The first-order chi connectivity index (χ1) is 8.93. The molecule has 0 aliphatic carbocycles. The van der Waals surface area contributed by atoms with Gasteiger partial charge in [0.25, 0.3) is 0 Å². The van der Waals surface area contributed by atoms with Crippen molar-refractivity contribution in [1.29, 1.82) is 0 Å². The molecule has 0 saturated heterocycles. The third-order valence-corrected chi connectivity index (χ3v) is 2.93. The molecule has 0 amide bonds. The summed E-state index contributed by atoms with van der Waals surface area (Å²) < 4.78 is 13.0. The number of hydrogen-bond acceptors (Lipinski definition) is 4. The molecule has 0 atom stereocenters. The smallest absolute Gasteiger partial charge is 0.204 e. The molecule has 3 aromatic rings. The van der Waals surface area contributed by atoms with E-state index in [0.29, 0.717) is 18.2 Å². The Morgan fingerprint density at radius 2 is 2.00 bits per heavy atom. The molecule has 1 aliphatic rings. The molecule has 1 aromatic carbocycles. The Morgan fingerprint density at radius 1 is 1.06 bits per heavy atom. The third-order valence-electron chi connectivity index (χ3n) is 2.93. The summed E-state index contributed by atoms with van der Waals surface area (Å²) >= 11 is 0. The average molecular weight is 239 g/mol. The highest BCUT2D eigenvalue weighted by Crippen LogP contribution is 2.32. The summed E-state index contributed by atoms with van der Waals surface area (Å²) in [5.74, 6) is 3.01. The van der Waals surface area contributed by atoms with Crippen molar-refractivity contribution < 1.29 is 9.15 Å². The van der Waals surface area contributed by atoms with Crippen molar-refractivity contribution in [2.45, 2.75) is 6.61 Å². The molecule has 4 rings (SSSR count). The molecular formula is C13H9N3O2. The van der Waals surface area contributed by atoms with Gasteiger partial charge in [-0.1, -0.05) is 12.1 Å². The Balaban J connectivity index is 2.00. The number of hydrogen-bond donors (Lipinski definition) is 0. The van der Waals surface area contributed by atoms with Crippen molar-refractivity contribution >= 4 is 0 Å². The molecule has 0 N–H and O–H groups in total. The molecule has 18 heavy (non-hydrogen) atoms. The van der Waals surface area contributed by atoms with E-state index in [4.69, 9.17) is 9.15 Å². The van der Waals surface area contributed by atoms with E-state index in [-0.39, 0.29) is 0 Å². The predicted octanol–water partition coefficient (Wildman–Crippen LogP) is 2.42. The van der Waals surface area contributed by atoms with E-state index in [1.54, 1.807) is 6.26 Å². The monoisotopic (exact) mass is 239 g/mol. The zero-order valence-corrected chi connectivity index (χ0v) is 9.41. The maximum atomic E-state index is 5.63. The topological polar surface area (TPSA) is 53.1 Å². The van der Waals surface area contributed by atoms with Crippen LogP contribution in [0.5, 0.6) is 5.75 Å². The van der Waals surface area contributed by atoms with Gasteiger partial charge in [-0.05, 0) is 24.3 Å². The van der Waals surface area contributed by atoms with Crippen LogP contribution < -0.4 is 4.74 Å². The lowest BCUT2D eigenvalue weighted by Crippen LogP contribution is -2.13. The second-order valence-corrected chi connectivity index (χ2v) is 4.01. The third kappa shape index (κ3) is 1.21. The summed E-state index contributed by atoms with van der Waals surface area (Å²) in [6, 6.07) is 11.5. The molecular weight excluding hydrogens is 230 g/mol. The van der Waals surface area contributed by atoms with Crippen molar-refractivity contribution in [1.82, 2.24) is 14.8 Å². The van der Waals surface area contributed by atoms with Gasteiger partial charge in [0.1, 0.15) is 12.4 Å². The minimum atomic E-state index is 0.421. The highest BCUT2D eigenvalue weighted by molar-refractivity contribution is 5.57. The minimum absolute atomic E-state index is 0.421. The highest BCUT2D eigenvalue weighted by Gasteiger charge is 2.23.